The summed E-state index contributed by atoms with van der Waals surface area (Å²) in [6.45, 7) is 6.92. The molecule has 1 saturated heterocycles. The van der Waals surface area contributed by atoms with Gasteiger partial charge in [0, 0.05) is 6.42 Å². The fourth-order valence-electron chi connectivity index (χ4n) is 1.04. The molecule has 0 aliphatic carbocycles. The molecule has 3 heteroatoms. The lowest BCUT2D eigenvalue weighted by molar-refractivity contribution is -0.142. The van der Waals surface area contributed by atoms with Gasteiger partial charge in [-0.2, -0.15) is 0 Å². The molecule has 0 radical (unpaired) electrons. The Hall–Kier alpha value is -0.830. The van der Waals surface area contributed by atoms with Gasteiger partial charge in [-0.1, -0.05) is 19.9 Å². The van der Waals surface area contributed by atoms with Crippen molar-refractivity contribution in [2.24, 2.45) is 0 Å². The molecule has 1 atom stereocenters. The second-order valence-corrected chi connectivity index (χ2v) is 3.16. The summed E-state index contributed by atoms with van der Waals surface area (Å²) >= 11 is 0. The van der Waals surface area contributed by atoms with Crippen molar-refractivity contribution in [1.82, 2.24) is 0 Å². The maximum absolute atomic E-state index is 11.3. The Kier molecular flexibility index (Phi) is 3.96. The number of hydrogen-bond donors (Lipinski definition) is 0. The molecular formula is C10H16O3. The first-order valence-corrected chi connectivity index (χ1v) is 4.73. The number of carbonyl (C=O) groups excluding carboxylic acids is 1. The highest BCUT2D eigenvalue weighted by Crippen LogP contribution is 2.19. The van der Waals surface area contributed by atoms with Crippen LogP contribution < -0.4 is 0 Å². The molecular weight excluding hydrogens is 168 g/mol. The average Bonchev–Trinajstić information content (AvgIpc) is 2.01. The van der Waals surface area contributed by atoms with E-state index < -0.39 is 0 Å². The van der Waals surface area contributed by atoms with Crippen LogP contribution in [0.4, 0.5) is 0 Å². The van der Waals surface area contributed by atoms with Crippen molar-refractivity contribution in [1.29, 1.82) is 0 Å². The van der Waals surface area contributed by atoms with E-state index in [9.17, 15) is 4.79 Å². The Balaban J connectivity index is 2.18. The largest absolute Gasteiger partial charge is 0.462 e. The zero-order valence-electron chi connectivity index (χ0n) is 8.04. The van der Waals surface area contributed by atoms with Gasteiger partial charge in [0.1, 0.15) is 0 Å². The molecule has 1 fully saturated rings. The van der Waals surface area contributed by atoms with E-state index in [4.69, 9.17) is 9.47 Å². The summed E-state index contributed by atoms with van der Waals surface area (Å²) in [5, 5.41) is 0. The summed E-state index contributed by atoms with van der Waals surface area (Å²) in [5.41, 5.74) is 0.461. The van der Waals surface area contributed by atoms with E-state index in [2.05, 4.69) is 13.5 Å². The molecule has 0 spiro atoms. The van der Waals surface area contributed by atoms with Crippen LogP contribution in [0.1, 0.15) is 26.2 Å². The third-order valence-electron chi connectivity index (χ3n) is 2.08. The number of hydrogen-bond acceptors (Lipinski definition) is 3. The van der Waals surface area contributed by atoms with E-state index in [-0.39, 0.29) is 12.1 Å². The Morgan fingerprint density at radius 2 is 2.38 bits per heavy atom. The molecule has 0 aromatic heterocycles. The van der Waals surface area contributed by atoms with Gasteiger partial charge >= 0.3 is 5.97 Å². The molecule has 74 valence electrons. The van der Waals surface area contributed by atoms with Crippen molar-refractivity contribution in [3.63, 3.8) is 0 Å². The highest BCUT2D eigenvalue weighted by Gasteiger charge is 2.26. The van der Waals surface area contributed by atoms with Crippen LogP contribution in [0.15, 0.2) is 12.2 Å². The maximum atomic E-state index is 11.3. The molecule has 1 rings (SSSR count). The molecule has 1 aliphatic rings. The summed E-state index contributed by atoms with van der Waals surface area (Å²) in [4.78, 5) is 11.3. The smallest absolute Gasteiger partial charge is 0.336 e. The van der Waals surface area contributed by atoms with Crippen LogP contribution in [-0.2, 0) is 14.3 Å². The Morgan fingerprint density at radius 3 is 2.85 bits per heavy atom. The standard InChI is InChI=1S/C10H16O3/c1-3-4-6-13-10(11)8(2)9-5-7-12-9/h9H,2-7H2,1H3. The van der Waals surface area contributed by atoms with Gasteiger partial charge in [-0.15, -0.1) is 0 Å². The van der Waals surface area contributed by atoms with Crippen molar-refractivity contribution in [2.45, 2.75) is 32.3 Å². The van der Waals surface area contributed by atoms with E-state index in [0.29, 0.717) is 12.2 Å². The highest BCUT2D eigenvalue weighted by atomic mass is 16.5. The molecule has 0 amide bonds. The molecule has 3 nitrogen and oxygen atoms in total. The van der Waals surface area contributed by atoms with Crippen molar-refractivity contribution < 1.29 is 14.3 Å². The van der Waals surface area contributed by atoms with Crippen LogP contribution in [0, 0.1) is 0 Å². The summed E-state index contributed by atoms with van der Waals surface area (Å²) in [7, 11) is 0. The van der Waals surface area contributed by atoms with E-state index >= 15 is 0 Å². The van der Waals surface area contributed by atoms with Crippen molar-refractivity contribution in [2.75, 3.05) is 13.2 Å². The first-order chi connectivity index (χ1) is 6.25. The van der Waals surface area contributed by atoms with Gasteiger partial charge in [-0.3, -0.25) is 0 Å². The number of carbonyl (C=O) groups is 1. The molecule has 13 heavy (non-hydrogen) atoms. The molecule has 0 bridgehead atoms. The summed E-state index contributed by atoms with van der Waals surface area (Å²) in [5.74, 6) is -0.307. The van der Waals surface area contributed by atoms with Crippen LogP contribution >= 0.6 is 0 Å². The maximum Gasteiger partial charge on any atom is 0.336 e. The molecule has 0 N–H and O–H groups in total. The topological polar surface area (TPSA) is 35.5 Å². The fourth-order valence-corrected chi connectivity index (χ4v) is 1.04. The minimum absolute atomic E-state index is 0.0888. The Bertz CT molecular complexity index is 194. The lowest BCUT2D eigenvalue weighted by atomic mass is 10.1. The van der Waals surface area contributed by atoms with Gasteiger partial charge in [0.25, 0.3) is 0 Å². The number of rotatable bonds is 5. The number of esters is 1. The zero-order chi connectivity index (χ0) is 9.68. The molecule has 1 heterocycles. The third kappa shape index (κ3) is 2.84. The van der Waals surface area contributed by atoms with Gasteiger partial charge in [0.05, 0.1) is 24.9 Å². The Morgan fingerprint density at radius 1 is 1.69 bits per heavy atom. The van der Waals surface area contributed by atoms with Crippen molar-refractivity contribution >= 4 is 5.97 Å². The molecule has 0 aromatic rings. The minimum Gasteiger partial charge on any atom is -0.462 e. The second-order valence-electron chi connectivity index (χ2n) is 3.16. The second kappa shape index (κ2) is 5.02. The Labute approximate surface area is 78.7 Å². The van der Waals surface area contributed by atoms with Gasteiger partial charge in [0.2, 0.25) is 0 Å². The van der Waals surface area contributed by atoms with E-state index in [1.165, 1.54) is 0 Å². The van der Waals surface area contributed by atoms with Gasteiger partial charge in [-0.05, 0) is 6.42 Å². The summed E-state index contributed by atoms with van der Waals surface area (Å²) in [6, 6.07) is 0. The SMILES string of the molecule is C=C(C(=O)OCCCC)C1CCO1. The minimum atomic E-state index is -0.307. The quantitative estimate of drug-likeness (QED) is 0.370. The molecule has 1 aliphatic heterocycles. The fraction of sp³-hybridized carbons (Fsp3) is 0.700. The van der Waals surface area contributed by atoms with Crippen molar-refractivity contribution in [3.8, 4) is 0 Å². The van der Waals surface area contributed by atoms with Gasteiger partial charge in [0.15, 0.2) is 0 Å². The zero-order valence-corrected chi connectivity index (χ0v) is 8.04. The molecule has 0 saturated carbocycles. The van der Waals surface area contributed by atoms with Gasteiger partial charge < -0.3 is 9.47 Å². The van der Waals surface area contributed by atoms with E-state index in [1.54, 1.807) is 0 Å². The predicted octanol–water partition coefficient (Wildman–Crippen LogP) is 1.67. The summed E-state index contributed by atoms with van der Waals surface area (Å²) in [6.07, 6.45) is 2.74. The first-order valence-electron chi connectivity index (χ1n) is 4.73. The van der Waals surface area contributed by atoms with E-state index in [0.717, 1.165) is 25.9 Å². The molecule has 1 unspecified atom stereocenters. The lowest BCUT2D eigenvalue weighted by Crippen LogP contribution is -2.32. The normalized spacial score (nSPS) is 20.5. The van der Waals surface area contributed by atoms with Crippen LogP contribution in [0.2, 0.25) is 0 Å². The van der Waals surface area contributed by atoms with Gasteiger partial charge in [-0.25, -0.2) is 4.79 Å². The highest BCUT2D eigenvalue weighted by molar-refractivity contribution is 5.89. The number of ether oxygens (including phenoxy) is 2. The van der Waals surface area contributed by atoms with Crippen LogP contribution in [0.5, 0.6) is 0 Å². The third-order valence-corrected chi connectivity index (χ3v) is 2.08. The first kappa shape index (κ1) is 10.3. The van der Waals surface area contributed by atoms with Crippen LogP contribution in [-0.4, -0.2) is 25.3 Å². The van der Waals surface area contributed by atoms with Crippen LogP contribution in [0.3, 0.4) is 0 Å². The van der Waals surface area contributed by atoms with Crippen LogP contribution in [0.25, 0.3) is 0 Å². The molecule has 0 aromatic carbocycles. The van der Waals surface area contributed by atoms with E-state index in [1.807, 2.05) is 0 Å². The lowest BCUT2D eigenvalue weighted by Gasteiger charge is -2.26. The average molecular weight is 184 g/mol. The number of unbranched alkanes of at least 4 members (excludes halogenated alkanes) is 1. The summed E-state index contributed by atoms with van der Waals surface area (Å²) < 4.78 is 10.1. The monoisotopic (exact) mass is 184 g/mol. The predicted molar refractivity (Wildman–Crippen MR) is 49.4 cm³/mol. The van der Waals surface area contributed by atoms with Crippen molar-refractivity contribution in [3.05, 3.63) is 12.2 Å².